The summed E-state index contributed by atoms with van der Waals surface area (Å²) in [4.78, 5) is 26.0. The second kappa shape index (κ2) is 8.54. The van der Waals surface area contributed by atoms with Gasteiger partial charge in [0, 0.05) is 13.1 Å². The molecule has 3 rings (SSSR count). The largest absolute Gasteiger partial charge is 0.507 e. The van der Waals surface area contributed by atoms with Crippen molar-refractivity contribution in [1.29, 1.82) is 0 Å². The minimum absolute atomic E-state index is 0.0502. The molecule has 1 atom stereocenters. The highest BCUT2D eigenvalue weighted by Gasteiger charge is 2.23. The van der Waals surface area contributed by atoms with Crippen molar-refractivity contribution in [2.45, 2.75) is 44.9 Å². The van der Waals surface area contributed by atoms with Crippen LogP contribution in [0.5, 0.6) is 5.75 Å². The van der Waals surface area contributed by atoms with Crippen LogP contribution in [-0.2, 0) is 17.6 Å². The maximum Gasteiger partial charge on any atom is 0.255 e. The summed E-state index contributed by atoms with van der Waals surface area (Å²) < 4.78 is 0. The van der Waals surface area contributed by atoms with E-state index in [-0.39, 0.29) is 23.5 Å². The van der Waals surface area contributed by atoms with E-state index < -0.39 is 0 Å². The van der Waals surface area contributed by atoms with Crippen LogP contribution in [0.1, 0.15) is 53.6 Å². The molecule has 1 unspecified atom stereocenters. The van der Waals surface area contributed by atoms with Crippen LogP contribution in [0.15, 0.2) is 12.1 Å². The third-order valence-corrected chi connectivity index (χ3v) is 5.55. The Morgan fingerprint density at radius 3 is 2.65 bits per heavy atom. The molecule has 1 aliphatic carbocycles. The number of amides is 2. The number of primary amides is 1. The maximum absolute atomic E-state index is 12.4. The molecule has 4 N–H and O–H groups in total. The molecule has 2 amide bonds. The Labute approximate surface area is 154 Å². The number of hydrogen-bond donors (Lipinski definition) is 3. The van der Waals surface area contributed by atoms with E-state index in [1.165, 1.54) is 11.1 Å². The van der Waals surface area contributed by atoms with Crippen LogP contribution >= 0.6 is 0 Å². The number of nitrogens with two attached hydrogens (primary N) is 1. The van der Waals surface area contributed by atoms with E-state index in [0.717, 1.165) is 64.6 Å². The fraction of sp³-hybridized carbons (Fsp3) is 0.600. The van der Waals surface area contributed by atoms with E-state index in [9.17, 15) is 14.7 Å². The minimum atomic E-state index is -0.218. The van der Waals surface area contributed by atoms with Crippen molar-refractivity contribution in [3.05, 3.63) is 28.8 Å². The second-order valence-electron chi connectivity index (χ2n) is 7.50. The maximum atomic E-state index is 12.4. The van der Waals surface area contributed by atoms with Crippen LogP contribution in [-0.4, -0.2) is 48.0 Å². The average Bonchev–Trinajstić information content (AvgIpc) is 2.64. The predicted molar refractivity (Wildman–Crippen MR) is 100 cm³/mol. The number of nitrogens with one attached hydrogen (secondary N) is 1. The molecular weight excluding hydrogens is 330 g/mol. The van der Waals surface area contributed by atoms with Crippen LogP contribution in [0.4, 0.5) is 0 Å². The Bertz CT molecular complexity index is 675. The number of aryl methyl sites for hydroxylation is 2. The summed E-state index contributed by atoms with van der Waals surface area (Å²) in [5.74, 6) is -0.412. The van der Waals surface area contributed by atoms with Gasteiger partial charge in [-0.25, -0.2) is 0 Å². The molecule has 2 aliphatic rings. The number of phenols is 1. The molecule has 6 nitrogen and oxygen atoms in total. The Balaban J connectivity index is 1.46. The third kappa shape index (κ3) is 4.55. The molecule has 0 radical (unpaired) electrons. The number of nitrogens with zero attached hydrogens (tertiary/aromatic N) is 1. The second-order valence-corrected chi connectivity index (χ2v) is 7.50. The van der Waals surface area contributed by atoms with Crippen molar-refractivity contribution in [1.82, 2.24) is 10.2 Å². The van der Waals surface area contributed by atoms with Gasteiger partial charge >= 0.3 is 0 Å². The van der Waals surface area contributed by atoms with Gasteiger partial charge in [0.25, 0.3) is 5.91 Å². The first-order valence-electron chi connectivity index (χ1n) is 9.69. The zero-order chi connectivity index (χ0) is 18.5. The van der Waals surface area contributed by atoms with E-state index in [1.54, 1.807) is 6.07 Å². The van der Waals surface area contributed by atoms with Crippen molar-refractivity contribution < 1.29 is 14.7 Å². The van der Waals surface area contributed by atoms with Gasteiger partial charge in [-0.05, 0) is 81.3 Å². The molecule has 1 aliphatic heterocycles. The summed E-state index contributed by atoms with van der Waals surface area (Å²) in [7, 11) is 0. The Morgan fingerprint density at radius 1 is 1.19 bits per heavy atom. The smallest absolute Gasteiger partial charge is 0.255 e. The van der Waals surface area contributed by atoms with Crippen molar-refractivity contribution in [2.75, 3.05) is 26.2 Å². The lowest BCUT2D eigenvalue weighted by molar-refractivity contribution is -0.123. The van der Waals surface area contributed by atoms with Crippen molar-refractivity contribution in [2.24, 2.45) is 11.7 Å². The fourth-order valence-electron chi connectivity index (χ4n) is 4.05. The molecule has 0 aromatic heterocycles. The molecule has 0 spiro atoms. The van der Waals surface area contributed by atoms with Gasteiger partial charge in [-0.1, -0.05) is 0 Å². The van der Waals surface area contributed by atoms with Gasteiger partial charge in [-0.15, -0.1) is 0 Å². The first-order chi connectivity index (χ1) is 12.5. The van der Waals surface area contributed by atoms with Crippen LogP contribution < -0.4 is 11.1 Å². The predicted octanol–water partition coefficient (Wildman–Crippen LogP) is 1.59. The van der Waals surface area contributed by atoms with Gasteiger partial charge in [-0.3, -0.25) is 9.59 Å². The summed E-state index contributed by atoms with van der Waals surface area (Å²) in [6, 6.07) is 3.60. The van der Waals surface area contributed by atoms with Gasteiger partial charge in [0.15, 0.2) is 0 Å². The normalized spacial score (nSPS) is 20.4. The molecule has 0 bridgehead atoms. The highest BCUT2D eigenvalue weighted by Crippen LogP contribution is 2.28. The Hall–Kier alpha value is -2.08. The molecule has 1 aromatic rings. The van der Waals surface area contributed by atoms with E-state index in [4.69, 9.17) is 5.73 Å². The SMILES string of the molecule is NC(=O)C1CCCN(CCCNC(=O)c2cc3c(cc2O)CCCC3)C1. The number of carbonyl (C=O) groups is 2. The number of phenolic OH excluding ortho intramolecular Hbond substituents is 1. The highest BCUT2D eigenvalue weighted by molar-refractivity contribution is 5.97. The molecule has 1 fully saturated rings. The molecule has 142 valence electrons. The van der Waals surface area contributed by atoms with Crippen LogP contribution in [0, 0.1) is 5.92 Å². The number of aromatic hydroxyl groups is 1. The number of hydrogen-bond acceptors (Lipinski definition) is 4. The van der Waals surface area contributed by atoms with Crippen molar-refractivity contribution >= 4 is 11.8 Å². The lowest BCUT2D eigenvalue weighted by Gasteiger charge is -2.31. The molecule has 6 heteroatoms. The molecule has 1 saturated heterocycles. The standard InChI is InChI=1S/C20H29N3O3/c21-19(25)16-7-3-9-23(13-16)10-4-8-22-20(26)17-11-14-5-1-2-6-15(14)12-18(17)24/h11-12,16,24H,1-10,13H2,(H2,21,25)(H,22,26). The van der Waals surface area contributed by atoms with Gasteiger partial charge in [0.05, 0.1) is 11.5 Å². The first-order valence-corrected chi connectivity index (χ1v) is 9.69. The van der Waals surface area contributed by atoms with E-state index in [1.807, 2.05) is 6.07 Å². The van der Waals surface area contributed by atoms with Crippen LogP contribution in [0.2, 0.25) is 0 Å². The molecule has 26 heavy (non-hydrogen) atoms. The highest BCUT2D eigenvalue weighted by atomic mass is 16.3. The van der Waals surface area contributed by atoms with Crippen LogP contribution in [0.3, 0.4) is 0 Å². The number of carbonyl (C=O) groups excluding carboxylic acids is 2. The zero-order valence-electron chi connectivity index (χ0n) is 15.3. The van der Waals surface area contributed by atoms with E-state index in [0.29, 0.717) is 12.1 Å². The summed E-state index contributed by atoms with van der Waals surface area (Å²) in [5, 5.41) is 13.1. The van der Waals surface area contributed by atoms with E-state index in [2.05, 4.69) is 10.2 Å². The number of benzene rings is 1. The Kier molecular flexibility index (Phi) is 6.14. The number of likely N-dealkylation sites (tertiary alicyclic amines) is 1. The minimum Gasteiger partial charge on any atom is -0.507 e. The van der Waals surface area contributed by atoms with Gasteiger partial charge in [0.2, 0.25) is 5.91 Å². The summed E-state index contributed by atoms with van der Waals surface area (Å²) >= 11 is 0. The van der Waals surface area contributed by atoms with E-state index >= 15 is 0 Å². The monoisotopic (exact) mass is 359 g/mol. The number of fused-ring (bicyclic) bond motifs is 1. The number of piperidine rings is 1. The molecule has 0 saturated carbocycles. The zero-order valence-corrected chi connectivity index (χ0v) is 15.3. The first kappa shape index (κ1) is 18.7. The third-order valence-electron chi connectivity index (χ3n) is 5.55. The van der Waals surface area contributed by atoms with Gasteiger partial charge in [-0.2, -0.15) is 0 Å². The fourth-order valence-corrected chi connectivity index (χ4v) is 4.05. The Morgan fingerprint density at radius 2 is 1.92 bits per heavy atom. The number of rotatable bonds is 6. The lowest BCUT2D eigenvalue weighted by atomic mass is 9.90. The topological polar surface area (TPSA) is 95.7 Å². The quantitative estimate of drug-likeness (QED) is 0.672. The van der Waals surface area contributed by atoms with Crippen LogP contribution in [0.25, 0.3) is 0 Å². The van der Waals surface area contributed by atoms with Gasteiger partial charge < -0.3 is 21.1 Å². The summed E-state index contributed by atoms with van der Waals surface area (Å²) in [6.45, 7) is 3.07. The summed E-state index contributed by atoms with van der Waals surface area (Å²) in [6.07, 6.45) is 6.91. The average molecular weight is 359 g/mol. The molecular formula is C20H29N3O3. The van der Waals surface area contributed by atoms with Crippen molar-refractivity contribution in [3.63, 3.8) is 0 Å². The molecule has 1 heterocycles. The molecule has 1 aromatic carbocycles. The lowest BCUT2D eigenvalue weighted by Crippen LogP contribution is -2.42. The van der Waals surface area contributed by atoms with Gasteiger partial charge in [0.1, 0.15) is 5.75 Å². The van der Waals surface area contributed by atoms with Crippen molar-refractivity contribution in [3.8, 4) is 5.75 Å². The summed E-state index contributed by atoms with van der Waals surface area (Å²) in [5.41, 5.74) is 8.13.